The van der Waals surface area contributed by atoms with Crippen LogP contribution in [0.25, 0.3) is 6.08 Å². The Balaban J connectivity index is 1.90. The molecule has 0 unspecified atom stereocenters. The van der Waals surface area contributed by atoms with Crippen LogP contribution in [0.2, 0.25) is 5.02 Å². The summed E-state index contributed by atoms with van der Waals surface area (Å²) >= 11 is 5.90. The third kappa shape index (κ3) is 4.93. The molecular weight excluding hydrogens is 342 g/mol. The molecule has 132 valence electrons. The molecule has 25 heavy (non-hydrogen) atoms. The Morgan fingerprint density at radius 2 is 2.04 bits per heavy atom. The number of aromatic nitrogens is 2. The van der Waals surface area contributed by atoms with Gasteiger partial charge >= 0.3 is 5.97 Å². The average Bonchev–Trinajstić information content (AvgIpc) is 2.79. The fraction of sp³-hybridized carbons (Fsp3) is 0.278. The summed E-state index contributed by atoms with van der Waals surface area (Å²) in [6.07, 6.45) is 2.92. The van der Waals surface area contributed by atoms with Gasteiger partial charge in [-0.15, -0.1) is 0 Å². The van der Waals surface area contributed by atoms with Gasteiger partial charge in [0.15, 0.2) is 6.61 Å². The number of carbonyl (C=O) groups is 2. The number of nitrogens with one attached hydrogen (secondary N) is 1. The predicted octanol–water partition coefficient (Wildman–Crippen LogP) is 3.19. The van der Waals surface area contributed by atoms with Crippen molar-refractivity contribution in [1.82, 2.24) is 9.78 Å². The van der Waals surface area contributed by atoms with Crippen molar-refractivity contribution in [2.75, 3.05) is 11.9 Å². The second-order valence-corrected chi connectivity index (χ2v) is 6.09. The van der Waals surface area contributed by atoms with E-state index in [1.54, 1.807) is 29.0 Å². The Bertz CT molecular complexity index is 840. The molecule has 1 amide bonds. The maximum absolute atomic E-state index is 11.9. The van der Waals surface area contributed by atoms with Crippen molar-refractivity contribution >= 4 is 35.2 Å². The molecule has 0 fully saturated rings. The lowest BCUT2D eigenvalue weighted by molar-refractivity contribution is -0.142. The fourth-order valence-corrected chi connectivity index (χ4v) is 2.45. The van der Waals surface area contributed by atoms with Gasteiger partial charge in [-0.1, -0.05) is 17.7 Å². The molecule has 0 saturated carbocycles. The van der Waals surface area contributed by atoms with E-state index in [1.165, 1.54) is 6.08 Å². The smallest absolute Gasteiger partial charge is 0.331 e. The molecule has 0 bridgehead atoms. The van der Waals surface area contributed by atoms with Crippen molar-refractivity contribution in [2.24, 2.45) is 7.05 Å². The molecule has 6 nitrogen and oxygen atoms in total. The number of amides is 1. The van der Waals surface area contributed by atoms with Crippen molar-refractivity contribution < 1.29 is 14.3 Å². The molecule has 0 spiro atoms. The highest BCUT2D eigenvalue weighted by molar-refractivity contribution is 6.31. The molecule has 2 rings (SSSR count). The van der Waals surface area contributed by atoms with Gasteiger partial charge in [0.1, 0.15) is 0 Å². The molecule has 0 aliphatic heterocycles. The van der Waals surface area contributed by atoms with E-state index < -0.39 is 11.9 Å². The van der Waals surface area contributed by atoms with Gasteiger partial charge in [-0.3, -0.25) is 9.48 Å². The summed E-state index contributed by atoms with van der Waals surface area (Å²) in [6, 6.07) is 5.18. The Kier molecular flexibility index (Phi) is 5.98. The van der Waals surface area contributed by atoms with Gasteiger partial charge in [0, 0.05) is 35.1 Å². The minimum atomic E-state index is -0.597. The molecule has 0 saturated heterocycles. The van der Waals surface area contributed by atoms with E-state index in [-0.39, 0.29) is 6.61 Å². The molecule has 0 aliphatic carbocycles. The number of hydrogen-bond acceptors (Lipinski definition) is 4. The van der Waals surface area contributed by atoms with Gasteiger partial charge in [-0.05, 0) is 44.5 Å². The highest BCUT2D eigenvalue weighted by Gasteiger charge is 2.09. The lowest BCUT2D eigenvalue weighted by Gasteiger charge is -2.08. The summed E-state index contributed by atoms with van der Waals surface area (Å²) in [5.74, 6) is -1.03. The van der Waals surface area contributed by atoms with E-state index in [0.29, 0.717) is 10.7 Å². The normalized spacial score (nSPS) is 10.9. The van der Waals surface area contributed by atoms with E-state index in [0.717, 1.165) is 22.5 Å². The van der Waals surface area contributed by atoms with E-state index >= 15 is 0 Å². The topological polar surface area (TPSA) is 73.2 Å². The van der Waals surface area contributed by atoms with Crippen LogP contribution in [0.4, 0.5) is 5.69 Å². The molecule has 0 aliphatic rings. The Labute approximate surface area is 151 Å². The summed E-state index contributed by atoms with van der Waals surface area (Å²) < 4.78 is 6.69. The molecule has 7 heteroatoms. The minimum absolute atomic E-state index is 0.375. The molecule has 1 N–H and O–H groups in total. The molecular formula is C18H20ClN3O3. The number of benzene rings is 1. The summed E-state index contributed by atoms with van der Waals surface area (Å²) in [6.45, 7) is 5.24. The number of ether oxygens (including phenoxy) is 1. The monoisotopic (exact) mass is 361 g/mol. The second-order valence-electron chi connectivity index (χ2n) is 5.66. The number of nitrogens with zero attached hydrogens (tertiary/aromatic N) is 2. The molecule has 1 aromatic heterocycles. The van der Waals surface area contributed by atoms with Crippen LogP contribution in [0.15, 0.2) is 24.3 Å². The molecule has 1 heterocycles. The number of rotatable bonds is 5. The van der Waals surface area contributed by atoms with Crippen molar-refractivity contribution in [3.8, 4) is 0 Å². The van der Waals surface area contributed by atoms with Gasteiger partial charge in [0.25, 0.3) is 5.91 Å². The van der Waals surface area contributed by atoms with E-state index in [1.807, 2.05) is 27.8 Å². The van der Waals surface area contributed by atoms with Crippen LogP contribution >= 0.6 is 11.6 Å². The first-order valence-electron chi connectivity index (χ1n) is 7.69. The summed E-state index contributed by atoms with van der Waals surface area (Å²) in [4.78, 5) is 23.7. The molecule has 0 atom stereocenters. The van der Waals surface area contributed by atoms with Gasteiger partial charge in [0.2, 0.25) is 0 Å². The van der Waals surface area contributed by atoms with Crippen LogP contribution in [-0.4, -0.2) is 28.3 Å². The SMILES string of the molecule is Cc1ccc(Cl)cc1NC(=O)COC(=O)/C=C/c1c(C)nn(C)c1C. The van der Waals surface area contributed by atoms with E-state index in [4.69, 9.17) is 16.3 Å². The third-order valence-electron chi connectivity index (χ3n) is 3.77. The third-order valence-corrected chi connectivity index (χ3v) is 4.01. The van der Waals surface area contributed by atoms with Crippen LogP contribution in [0.1, 0.15) is 22.5 Å². The molecule has 2 aromatic rings. The quantitative estimate of drug-likeness (QED) is 0.655. The lowest BCUT2D eigenvalue weighted by Crippen LogP contribution is -2.20. The number of anilines is 1. The van der Waals surface area contributed by atoms with Crippen LogP contribution in [0.3, 0.4) is 0 Å². The predicted molar refractivity (Wildman–Crippen MR) is 97.5 cm³/mol. The number of esters is 1. The van der Waals surface area contributed by atoms with Crippen molar-refractivity contribution in [1.29, 1.82) is 0 Å². The van der Waals surface area contributed by atoms with Gasteiger partial charge in [0.05, 0.1) is 5.69 Å². The number of hydrogen-bond donors (Lipinski definition) is 1. The highest BCUT2D eigenvalue weighted by Crippen LogP contribution is 2.20. The first-order chi connectivity index (χ1) is 11.8. The van der Waals surface area contributed by atoms with Crippen LogP contribution in [0, 0.1) is 20.8 Å². The van der Waals surface area contributed by atoms with Crippen LogP contribution in [0.5, 0.6) is 0 Å². The second kappa shape index (κ2) is 7.98. The zero-order chi connectivity index (χ0) is 18.6. The van der Waals surface area contributed by atoms with Crippen LogP contribution < -0.4 is 5.32 Å². The average molecular weight is 362 g/mol. The lowest BCUT2D eigenvalue weighted by atomic mass is 10.2. The van der Waals surface area contributed by atoms with Crippen molar-refractivity contribution in [2.45, 2.75) is 20.8 Å². The summed E-state index contributed by atoms with van der Waals surface area (Å²) in [5, 5.41) is 7.44. The zero-order valence-corrected chi connectivity index (χ0v) is 15.3. The maximum Gasteiger partial charge on any atom is 0.331 e. The van der Waals surface area contributed by atoms with Gasteiger partial charge in [-0.25, -0.2) is 4.79 Å². The zero-order valence-electron chi connectivity index (χ0n) is 14.6. The largest absolute Gasteiger partial charge is 0.452 e. The number of aryl methyl sites for hydroxylation is 3. The Morgan fingerprint density at radius 3 is 2.68 bits per heavy atom. The molecule has 1 aromatic carbocycles. The molecule has 0 radical (unpaired) electrons. The van der Waals surface area contributed by atoms with E-state index in [2.05, 4.69) is 10.4 Å². The number of carbonyl (C=O) groups excluding carboxylic acids is 2. The first-order valence-corrected chi connectivity index (χ1v) is 8.06. The standard InChI is InChI=1S/C18H20ClN3O3/c1-11-5-6-14(19)9-16(11)20-17(23)10-25-18(24)8-7-15-12(2)21-22(4)13(15)3/h5-9H,10H2,1-4H3,(H,20,23)/b8-7+. The fourth-order valence-electron chi connectivity index (χ4n) is 2.28. The highest BCUT2D eigenvalue weighted by atomic mass is 35.5. The first kappa shape index (κ1) is 18.7. The summed E-state index contributed by atoms with van der Waals surface area (Å²) in [7, 11) is 1.83. The van der Waals surface area contributed by atoms with E-state index in [9.17, 15) is 9.59 Å². The van der Waals surface area contributed by atoms with Crippen molar-refractivity contribution in [3.63, 3.8) is 0 Å². The van der Waals surface area contributed by atoms with Gasteiger partial charge < -0.3 is 10.1 Å². The van der Waals surface area contributed by atoms with Crippen molar-refractivity contribution in [3.05, 3.63) is 51.8 Å². The number of halogens is 1. The Hall–Kier alpha value is -2.60. The van der Waals surface area contributed by atoms with Gasteiger partial charge in [-0.2, -0.15) is 5.10 Å². The maximum atomic E-state index is 11.9. The summed E-state index contributed by atoms with van der Waals surface area (Å²) in [5.41, 5.74) is 4.07. The van der Waals surface area contributed by atoms with Crippen LogP contribution in [-0.2, 0) is 21.4 Å². The minimum Gasteiger partial charge on any atom is -0.452 e. The Morgan fingerprint density at radius 1 is 1.32 bits per heavy atom.